The molecule has 1 aromatic rings. The van der Waals surface area contributed by atoms with Gasteiger partial charge in [-0.05, 0) is 30.0 Å². The average molecular weight is 320 g/mol. The van der Waals surface area contributed by atoms with Crippen molar-refractivity contribution in [3.05, 3.63) is 28.8 Å². The van der Waals surface area contributed by atoms with Gasteiger partial charge in [0.2, 0.25) is 10.0 Å². The molecular formula is C13H18ClNO4S. The molecule has 0 saturated carbocycles. The van der Waals surface area contributed by atoms with Crippen molar-refractivity contribution in [2.75, 3.05) is 6.54 Å². The van der Waals surface area contributed by atoms with Crippen molar-refractivity contribution >= 4 is 27.6 Å². The van der Waals surface area contributed by atoms with Crippen LogP contribution in [0.25, 0.3) is 0 Å². The Morgan fingerprint density at radius 2 is 1.95 bits per heavy atom. The predicted octanol–water partition coefficient (Wildman–Crippen LogP) is 2.61. The zero-order chi connectivity index (χ0) is 15.5. The molecule has 20 heavy (non-hydrogen) atoms. The third-order valence-corrected chi connectivity index (χ3v) is 4.96. The highest BCUT2D eigenvalue weighted by atomic mass is 35.5. The zero-order valence-electron chi connectivity index (χ0n) is 11.6. The van der Waals surface area contributed by atoms with Gasteiger partial charge in [0.25, 0.3) is 0 Å². The summed E-state index contributed by atoms with van der Waals surface area (Å²) in [5.74, 6) is -0.740. The van der Waals surface area contributed by atoms with Crippen molar-refractivity contribution in [1.82, 2.24) is 4.72 Å². The lowest BCUT2D eigenvalue weighted by Gasteiger charge is -2.16. The first-order chi connectivity index (χ1) is 9.15. The Balaban J connectivity index is 2.99. The maximum atomic E-state index is 12.1. The molecule has 0 aromatic heterocycles. The number of sulfonamides is 1. The van der Waals surface area contributed by atoms with Crippen LogP contribution in [-0.4, -0.2) is 26.0 Å². The van der Waals surface area contributed by atoms with E-state index in [-0.39, 0.29) is 21.4 Å². The standard InChI is InChI=1S/C13H18ClNO4S/c1-8(2)9(3)7-15-20(18,19)10-4-5-12(14)11(6-10)13(16)17/h4-6,8-9,15H,7H2,1-3H3,(H,16,17). The van der Waals surface area contributed by atoms with Crippen molar-refractivity contribution in [3.8, 4) is 0 Å². The van der Waals surface area contributed by atoms with Crippen LogP contribution in [0.1, 0.15) is 31.1 Å². The summed E-state index contributed by atoms with van der Waals surface area (Å²) in [6, 6.07) is 3.62. The van der Waals surface area contributed by atoms with Gasteiger partial charge in [-0.1, -0.05) is 32.4 Å². The van der Waals surface area contributed by atoms with Crippen molar-refractivity contribution in [2.24, 2.45) is 11.8 Å². The number of carboxylic acid groups (broad SMARTS) is 1. The van der Waals surface area contributed by atoms with Gasteiger partial charge in [-0.25, -0.2) is 17.9 Å². The second kappa shape index (κ2) is 6.56. The number of nitrogens with one attached hydrogen (secondary N) is 1. The lowest BCUT2D eigenvalue weighted by Crippen LogP contribution is -2.30. The average Bonchev–Trinajstić information content (AvgIpc) is 2.35. The smallest absolute Gasteiger partial charge is 0.337 e. The van der Waals surface area contributed by atoms with E-state index in [0.717, 1.165) is 6.07 Å². The Bertz CT molecular complexity index is 598. The van der Waals surface area contributed by atoms with Crippen LogP contribution in [0.3, 0.4) is 0 Å². The van der Waals surface area contributed by atoms with Crippen LogP contribution >= 0.6 is 11.6 Å². The van der Waals surface area contributed by atoms with Gasteiger partial charge in [-0.15, -0.1) is 0 Å². The number of hydrogen-bond donors (Lipinski definition) is 2. The van der Waals surface area contributed by atoms with E-state index in [0.29, 0.717) is 12.5 Å². The van der Waals surface area contributed by atoms with Crippen LogP contribution in [0.5, 0.6) is 0 Å². The molecule has 0 amide bonds. The van der Waals surface area contributed by atoms with Crippen LogP contribution in [0, 0.1) is 11.8 Å². The first kappa shape index (κ1) is 16.9. The molecule has 0 aliphatic rings. The van der Waals surface area contributed by atoms with Crippen molar-refractivity contribution in [3.63, 3.8) is 0 Å². The summed E-state index contributed by atoms with van der Waals surface area (Å²) in [6.45, 7) is 6.25. The van der Waals surface area contributed by atoms with Gasteiger partial charge in [-0.3, -0.25) is 0 Å². The number of halogens is 1. The van der Waals surface area contributed by atoms with Gasteiger partial charge in [-0.2, -0.15) is 0 Å². The molecule has 0 heterocycles. The van der Waals surface area contributed by atoms with E-state index in [1.807, 2.05) is 20.8 Å². The molecule has 1 unspecified atom stereocenters. The van der Waals surface area contributed by atoms with Crippen LogP contribution in [0.15, 0.2) is 23.1 Å². The fraction of sp³-hybridized carbons (Fsp3) is 0.462. The molecule has 1 aromatic carbocycles. The number of carboxylic acids is 1. The molecule has 1 rings (SSSR count). The quantitative estimate of drug-likeness (QED) is 0.844. The van der Waals surface area contributed by atoms with Crippen LogP contribution in [0.2, 0.25) is 5.02 Å². The number of benzene rings is 1. The molecule has 0 spiro atoms. The molecule has 5 nitrogen and oxygen atoms in total. The van der Waals surface area contributed by atoms with E-state index in [1.54, 1.807) is 0 Å². The lowest BCUT2D eigenvalue weighted by atomic mass is 9.99. The Kier molecular flexibility index (Phi) is 5.56. The van der Waals surface area contributed by atoms with Crippen molar-refractivity contribution in [1.29, 1.82) is 0 Å². The Morgan fingerprint density at radius 3 is 2.45 bits per heavy atom. The summed E-state index contributed by atoms with van der Waals surface area (Å²) in [7, 11) is -3.73. The van der Waals surface area contributed by atoms with E-state index in [9.17, 15) is 13.2 Å². The second-order valence-electron chi connectivity index (χ2n) is 5.02. The van der Waals surface area contributed by atoms with Crippen molar-refractivity contribution < 1.29 is 18.3 Å². The maximum Gasteiger partial charge on any atom is 0.337 e. The molecule has 0 bridgehead atoms. The fourth-order valence-corrected chi connectivity index (χ4v) is 2.76. The van der Waals surface area contributed by atoms with E-state index in [4.69, 9.17) is 16.7 Å². The second-order valence-corrected chi connectivity index (χ2v) is 7.19. The number of hydrogen-bond acceptors (Lipinski definition) is 3. The molecule has 1 atom stereocenters. The van der Waals surface area contributed by atoms with Crippen molar-refractivity contribution in [2.45, 2.75) is 25.7 Å². The Labute approximate surface area is 124 Å². The minimum Gasteiger partial charge on any atom is -0.478 e. The number of carbonyl (C=O) groups is 1. The molecular weight excluding hydrogens is 302 g/mol. The lowest BCUT2D eigenvalue weighted by molar-refractivity contribution is 0.0697. The number of aromatic carboxylic acids is 1. The van der Waals surface area contributed by atoms with Crippen LogP contribution in [-0.2, 0) is 10.0 Å². The minimum atomic E-state index is -3.73. The van der Waals surface area contributed by atoms with Gasteiger partial charge in [0.05, 0.1) is 15.5 Å². The SMILES string of the molecule is CC(C)C(C)CNS(=O)(=O)c1ccc(Cl)c(C(=O)O)c1. The molecule has 0 aliphatic carbocycles. The maximum absolute atomic E-state index is 12.1. The van der Waals surface area contributed by atoms with E-state index >= 15 is 0 Å². The minimum absolute atomic E-state index is 0.00648. The summed E-state index contributed by atoms with van der Waals surface area (Å²) in [6.07, 6.45) is 0. The number of rotatable bonds is 6. The summed E-state index contributed by atoms with van der Waals surface area (Å²) < 4.78 is 26.7. The summed E-state index contributed by atoms with van der Waals surface area (Å²) in [5, 5.41) is 8.95. The predicted molar refractivity (Wildman–Crippen MR) is 77.6 cm³/mol. The molecule has 0 saturated heterocycles. The van der Waals surface area contributed by atoms with Gasteiger partial charge < -0.3 is 5.11 Å². The largest absolute Gasteiger partial charge is 0.478 e. The fourth-order valence-electron chi connectivity index (χ4n) is 1.40. The Morgan fingerprint density at radius 1 is 1.35 bits per heavy atom. The third-order valence-electron chi connectivity index (χ3n) is 3.21. The molecule has 0 aliphatic heterocycles. The molecule has 0 fully saturated rings. The highest BCUT2D eigenvalue weighted by molar-refractivity contribution is 7.89. The van der Waals surface area contributed by atoms with Gasteiger partial charge in [0.15, 0.2) is 0 Å². The molecule has 112 valence electrons. The molecule has 2 N–H and O–H groups in total. The zero-order valence-corrected chi connectivity index (χ0v) is 13.1. The van der Waals surface area contributed by atoms with Gasteiger partial charge >= 0.3 is 5.97 Å². The Hall–Kier alpha value is -1.11. The summed E-state index contributed by atoms with van der Waals surface area (Å²) in [5.41, 5.74) is -0.230. The van der Waals surface area contributed by atoms with Crippen LogP contribution in [0.4, 0.5) is 0 Å². The summed E-state index contributed by atoms with van der Waals surface area (Å²) in [4.78, 5) is 10.9. The first-order valence-corrected chi connectivity index (χ1v) is 8.03. The highest BCUT2D eigenvalue weighted by Gasteiger charge is 2.19. The van der Waals surface area contributed by atoms with Gasteiger partial charge in [0.1, 0.15) is 0 Å². The van der Waals surface area contributed by atoms with Gasteiger partial charge in [0, 0.05) is 6.54 Å². The third kappa shape index (κ3) is 4.19. The highest BCUT2D eigenvalue weighted by Crippen LogP contribution is 2.20. The summed E-state index contributed by atoms with van der Waals surface area (Å²) >= 11 is 5.71. The molecule has 0 radical (unpaired) electrons. The van der Waals surface area contributed by atoms with E-state index in [1.165, 1.54) is 12.1 Å². The topological polar surface area (TPSA) is 83.5 Å². The molecule has 7 heteroatoms. The van der Waals surface area contributed by atoms with E-state index < -0.39 is 16.0 Å². The van der Waals surface area contributed by atoms with Crippen LogP contribution < -0.4 is 4.72 Å². The first-order valence-electron chi connectivity index (χ1n) is 6.17. The van der Waals surface area contributed by atoms with E-state index in [2.05, 4.69) is 4.72 Å². The normalized spacial score (nSPS) is 13.4. The monoisotopic (exact) mass is 319 g/mol.